The summed E-state index contributed by atoms with van der Waals surface area (Å²) in [5.41, 5.74) is -0.729. The van der Waals surface area contributed by atoms with E-state index >= 15 is 0 Å². The highest BCUT2D eigenvalue weighted by Gasteiger charge is 2.56. The number of esters is 1. The molecule has 1 heterocycles. The van der Waals surface area contributed by atoms with Crippen molar-refractivity contribution >= 4 is 5.97 Å². The van der Waals surface area contributed by atoms with Gasteiger partial charge in [-0.15, -0.1) is 0 Å². The maximum Gasteiger partial charge on any atom is 0.339 e. The molecule has 0 radical (unpaired) electrons. The summed E-state index contributed by atoms with van der Waals surface area (Å²) < 4.78 is 11.6. The first-order chi connectivity index (χ1) is 12.1. The highest BCUT2D eigenvalue weighted by Crippen LogP contribution is 2.47. The van der Waals surface area contributed by atoms with E-state index in [0.717, 1.165) is 19.3 Å². The predicted molar refractivity (Wildman–Crippen MR) is 93.6 cm³/mol. The lowest BCUT2D eigenvalue weighted by Crippen LogP contribution is -2.31. The van der Waals surface area contributed by atoms with Crippen molar-refractivity contribution < 1.29 is 14.3 Å². The number of hydrogen-bond acceptors (Lipinski definition) is 4. The maximum atomic E-state index is 12.4. The standard InChI is InChI=1S/C21H23NO3/c1-20(12-7-8-16-22,25-19(23)17-9-3-2-4-10-17)14-15-21-13-6-5-11-18(21)24-21/h2-4,9-10,18H,5-8,11-13H2,1H3. The Morgan fingerprint density at radius 2 is 2.20 bits per heavy atom. The number of benzene rings is 1. The fourth-order valence-electron chi connectivity index (χ4n) is 3.34. The molecule has 2 aliphatic rings. The molecule has 4 heteroatoms. The third-order valence-corrected chi connectivity index (χ3v) is 4.89. The molecule has 3 unspecified atom stereocenters. The van der Waals surface area contributed by atoms with Gasteiger partial charge in [-0.25, -0.2) is 4.79 Å². The van der Waals surface area contributed by atoms with E-state index < -0.39 is 5.60 Å². The van der Waals surface area contributed by atoms with Crippen LogP contribution in [0.1, 0.15) is 62.2 Å². The minimum absolute atomic E-state index is 0.238. The average molecular weight is 337 g/mol. The molecule has 1 saturated heterocycles. The first-order valence-corrected chi connectivity index (χ1v) is 8.94. The molecule has 0 aromatic heterocycles. The van der Waals surface area contributed by atoms with Crippen LogP contribution in [-0.4, -0.2) is 23.3 Å². The zero-order chi connectivity index (χ0) is 17.8. The van der Waals surface area contributed by atoms with E-state index in [9.17, 15) is 4.79 Å². The van der Waals surface area contributed by atoms with E-state index in [1.807, 2.05) is 13.0 Å². The van der Waals surface area contributed by atoms with Gasteiger partial charge in [-0.05, 0) is 51.2 Å². The molecular formula is C21H23NO3. The Morgan fingerprint density at radius 3 is 2.92 bits per heavy atom. The molecule has 2 fully saturated rings. The first kappa shape index (κ1) is 17.5. The van der Waals surface area contributed by atoms with E-state index in [1.54, 1.807) is 24.3 Å². The molecule has 1 aromatic carbocycles. The predicted octanol–water partition coefficient (Wildman–Crippen LogP) is 4.01. The number of rotatable bonds is 5. The summed E-state index contributed by atoms with van der Waals surface area (Å²) in [4.78, 5) is 12.4. The molecule has 130 valence electrons. The lowest BCUT2D eigenvalue weighted by Gasteiger charge is -2.24. The van der Waals surface area contributed by atoms with Gasteiger partial charge < -0.3 is 9.47 Å². The summed E-state index contributed by atoms with van der Waals surface area (Å²) in [6, 6.07) is 11.1. The number of carbonyl (C=O) groups excluding carboxylic acids is 1. The van der Waals surface area contributed by atoms with Crippen molar-refractivity contribution in [3.63, 3.8) is 0 Å². The molecule has 1 aliphatic heterocycles. The topological polar surface area (TPSA) is 62.6 Å². The Kier molecular flexibility index (Phi) is 5.11. The number of hydrogen-bond donors (Lipinski definition) is 0. The quantitative estimate of drug-likeness (QED) is 0.352. The molecule has 1 aromatic rings. The Balaban J connectivity index is 1.74. The molecular weight excluding hydrogens is 314 g/mol. The largest absolute Gasteiger partial charge is 0.443 e. The van der Waals surface area contributed by atoms with Crippen LogP contribution in [0.5, 0.6) is 0 Å². The van der Waals surface area contributed by atoms with Crippen LogP contribution in [0.25, 0.3) is 0 Å². The smallest absolute Gasteiger partial charge is 0.339 e. The van der Waals surface area contributed by atoms with Crippen molar-refractivity contribution in [1.82, 2.24) is 0 Å². The normalized spacial score (nSPS) is 26.2. The molecule has 25 heavy (non-hydrogen) atoms. The number of ether oxygens (including phenoxy) is 2. The van der Waals surface area contributed by atoms with Crippen LogP contribution in [0.3, 0.4) is 0 Å². The second kappa shape index (κ2) is 7.30. The van der Waals surface area contributed by atoms with Gasteiger partial charge in [0.25, 0.3) is 0 Å². The van der Waals surface area contributed by atoms with Crippen molar-refractivity contribution in [3.05, 3.63) is 35.9 Å². The van der Waals surface area contributed by atoms with Crippen LogP contribution >= 0.6 is 0 Å². The maximum absolute atomic E-state index is 12.4. The lowest BCUT2D eigenvalue weighted by molar-refractivity contribution is 0.0109. The number of epoxide rings is 1. The van der Waals surface area contributed by atoms with Crippen molar-refractivity contribution in [2.45, 2.75) is 69.2 Å². The molecule has 0 amide bonds. The summed E-state index contributed by atoms with van der Waals surface area (Å²) >= 11 is 0. The van der Waals surface area contributed by atoms with Crippen LogP contribution in [0.2, 0.25) is 0 Å². The third-order valence-electron chi connectivity index (χ3n) is 4.89. The number of nitriles is 1. The van der Waals surface area contributed by atoms with Crippen molar-refractivity contribution in [2.75, 3.05) is 0 Å². The Labute approximate surface area is 149 Å². The summed E-state index contributed by atoms with van der Waals surface area (Å²) in [5, 5.41) is 8.79. The number of carbonyl (C=O) groups is 1. The summed E-state index contributed by atoms with van der Waals surface area (Å²) in [7, 11) is 0. The van der Waals surface area contributed by atoms with Gasteiger partial charge in [-0.2, -0.15) is 5.26 Å². The third kappa shape index (κ3) is 4.21. The molecule has 0 spiro atoms. The number of nitrogens with zero attached hydrogens (tertiary/aromatic N) is 1. The van der Waals surface area contributed by atoms with Gasteiger partial charge in [0, 0.05) is 6.42 Å². The van der Waals surface area contributed by atoms with Crippen molar-refractivity contribution in [3.8, 4) is 17.9 Å². The van der Waals surface area contributed by atoms with Gasteiger partial charge in [0.05, 0.1) is 17.7 Å². The molecule has 3 rings (SSSR count). The van der Waals surface area contributed by atoms with Gasteiger partial charge in [0.2, 0.25) is 0 Å². The van der Waals surface area contributed by atoms with Crippen LogP contribution in [0.15, 0.2) is 30.3 Å². The fraction of sp³-hybridized carbons (Fsp3) is 0.524. The highest BCUT2D eigenvalue weighted by molar-refractivity contribution is 5.89. The number of unbranched alkanes of at least 4 members (excludes halogenated alkanes) is 1. The fourth-order valence-corrected chi connectivity index (χ4v) is 3.34. The SMILES string of the molecule is CC(C#CC12CCCCC1O2)(CCCC#N)OC(=O)c1ccccc1. The second-order valence-corrected chi connectivity index (χ2v) is 6.99. The zero-order valence-electron chi connectivity index (χ0n) is 14.6. The van der Waals surface area contributed by atoms with Gasteiger partial charge in [0.15, 0.2) is 11.2 Å². The Bertz CT molecular complexity index is 727. The van der Waals surface area contributed by atoms with Crippen LogP contribution in [0, 0.1) is 23.2 Å². The van der Waals surface area contributed by atoms with Crippen molar-refractivity contribution in [2.24, 2.45) is 0 Å². The molecule has 4 nitrogen and oxygen atoms in total. The van der Waals surface area contributed by atoms with E-state index in [2.05, 4.69) is 17.9 Å². The van der Waals surface area contributed by atoms with Gasteiger partial charge in [0.1, 0.15) is 0 Å². The van der Waals surface area contributed by atoms with Crippen LogP contribution in [-0.2, 0) is 9.47 Å². The summed E-state index contributed by atoms with van der Waals surface area (Å²) in [5.74, 6) is 6.06. The van der Waals surface area contributed by atoms with E-state index in [1.165, 1.54) is 6.42 Å². The number of fused-ring (bicyclic) bond motifs is 1. The van der Waals surface area contributed by atoms with Gasteiger partial charge in [-0.1, -0.05) is 36.5 Å². The van der Waals surface area contributed by atoms with E-state index in [4.69, 9.17) is 14.7 Å². The van der Waals surface area contributed by atoms with Gasteiger partial charge in [-0.3, -0.25) is 0 Å². The van der Waals surface area contributed by atoms with Crippen LogP contribution in [0.4, 0.5) is 0 Å². The van der Waals surface area contributed by atoms with Gasteiger partial charge >= 0.3 is 5.97 Å². The average Bonchev–Trinajstić information content (AvgIpc) is 3.36. The molecule has 1 saturated carbocycles. The van der Waals surface area contributed by atoms with E-state index in [-0.39, 0.29) is 17.7 Å². The van der Waals surface area contributed by atoms with Crippen molar-refractivity contribution in [1.29, 1.82) is 5.26 Å². The minimum Gasteiger partial charge on any atom is -0.443 e. The molecule has 1 aliphatic carbocycles. The molecule has 3 atom stereocenters. The summed E-state index contributed by atoms with van der Waals surface area (Å²) in [6.45, 7) is 1.83. The van der Waals surface area contributed by atoms with E-state index in [0.29, 0.717) is 24.8 Å². The highest BCUT2D eigenvalue weighted by atomic mass is 16.6. The second-order valence-electron chi connectivity index (χ2n) is 6.99. The lowest BCUT2D eigenvalue weighted by atomic mass is 9.88. The molecule has 0 N–H and O–H groups in total. The minimum atomic E-state index is -0.910. The Hall–Kier alpha value is -2.30. The summed E-state index contributed by atoms with van der Waals surface area (Å²) in [6.07, 6.45) is 6.16. The zero-order valence-corrected chi connectivity index (χ0v) is 14.6. The molecule has 0 bridgehead atoms. The van der Waals surface area contributed by atoms with Crippen LogP contribution < -0.4 is 0 Å². The monoisotopic (exact) mass is 337 g/mol. The first-order valence-electron chi connectivity index (χ1n) is 8.94. The Morgan fingerprint density at radius 1 is 1.40 bits per heavy atom.